The molecule has 0 aliphatic carbocycles. The molecule has 0 radical (unpaired) electrons. The number of nitrogens with zero attached hydrogens (tertiary/aromatic N) is 1. The molecule has 5 N–H and O–H groups in total. The Morgan fingerprint density at radius 2 is 1.31 bits per heavy atom. The second kappa shape index (κ2) is 18.5. The predicted molar refractivity (Wildman–Crippen MR) is 200 cm³/mol. The van der Waals surface area contributed by atoms with Crippen LogP contribution >= 0.6 is 0 Å². The van der Waals surface area contributed by atoms with Gasteiger partial charge >= 0.3 is 5.97 Å². The van der Waals surface area contributed by atoms with Gasteiger partial charge in [0.2, 0.25) is 0 Å². The van der Waals surface area contributed by atoms with Crippen molar-refractivity contribution in [2.24, 2.45) is 29.4 Å². The van der Waals surface area contributed by atoms with Crippen molar-refractivity contribution in [3.05, 3.63) is 82.9 Å². The molecule has 5 atom stereocenters. The van der Waals surface area contributed by atoms with Crippen LogP contribution in [0.5, 0.6) is 11.5 Å². The van der Waals surface area contributed by atoms with Crippen LogP contribution < -0.4 is 15.2 Å². The fourth-order valence-electron chi connectivity index (χ4n) is 6.95. The maximum atomic E-state index is 11.4. The van der Waals surface area contributed by atoms with E-state index in [9.17, 15) is 26.7 Å². The first-order valence-corrected chi connectivity index (χ1v) is 20.2. The number of nitrogens with two attached hydrogens (primary N) is 1. The number of aryl methyl sites for hydroxylation is 2. The van der Waals surface area contributed by atoms with E-state index in [2.05, 4.69) is 30.9 Å². The number of methoxy groups -OCH3 is 2. The summed E-state index contributed by atoms with van der Waals surface area (Å²) < 4.78 is 70.2. The second-order valence-corrected chi connectivity index (χ2v) is 17.0. The van der Waals surface area contributed by atoms with Gasteiger partial charge in [0.15, 0.2) is 11.5 Å². The van der Waals surface area contributed by atoms with Gasteiger partial charge in [-0.05, 0) is 111 Å². The van der Waals surface area contributed by atoms with Crippen molar-refractivity contribution in [1.29, 1.82) is 0 Å². The maximum Gasteiger partial charge on any atom is 0.320 e. The van der Waals surface area contributed by atoms with E-state index >= 15 is 0 Å². The van der Waals surface area contributed by atoms with Gasteiger partial charge in [0.1, 0.15) is 6.04 Å². The summed E-state index contributed by atoms with van der Waals surface area (Å²) in [5.74, 6) is 2.29. The minimum atomic E-state index is -4.02. The van der Waals surface area contributed by atoms with E-state index in [1.807, 2.05) is 20.8 Å². The quantitative estimate of drug-likeness (QED) is 0.171. The molecular weight excluding hydrogens is 709 g/mol. The summed E-state index contributed by atoms with van der Waals surface area (Å²) in [6, 6.07) is 15.8. The van der Waals surface area contributed by atoms with Crippen molar-refractivity contribution < 1.29 is 45.3 Å². The molecule has 0 spiro atoms. The Morgan fingerprint density at radius 1 is 0.827 bits per heavy atom. The van der Waals surface area contributed by atoms with E-state index in [1.54, 1.807) is 38.5 Å². The molecule has 0 saturated carbocycles. The molecule has 2 aliphatic rings. The van der Waals surface area contributed by atoms with Gasteiger partial charge < -0.3 is 20.3 Å². The highest BCUT2D eigenvalue weighted by atomic mass is 32.2. The number of carboxylic acids is 1. The van der Waals surface area contributed by atoms with Gasteiger partial charge in [-0.1, -0.05) is 56.2 Å². The van der Waals surface area contributed by atoms with Crippen molar-refractivity contribution >= 4 is 26.2 Å². The Morgan fingerprint density at radius 3 is 1.73 bits per heavy atom. The zero-order chi connectivity index (χ0) is 39.0. The van der Waals surface area contributed by atoms with E-state index in [1.165, 1.54) is 41.8 Å². The number of ether oxygens (including phenoxy) is 2. The second-order valence-electron chi connectivity index (χ2n) is 14.2. The molecular formula is C38H54N2O10S2. The SMILES string of the molecule is COc1cc2c(cc1OC)[C@H]1C[C@@H](CC(C)C(N)C(=O)O)[C@@H](CC(C)C)CN1CC2.Cc1ccc(S(=O)(=O)O)cc1.Cc1ccc(S(=O)(=O)O)cc1. The molecule has 2 heterocycles. The molecule has 0 bridgehead atoms. The molecule has 0 amide bonds. The number of benzene rings is 3. The number of aliphatic carboxylic acids is 1. The topological polar surface area (TPSA) is 194 Å². The summed E-state index contributed by atoms with van der Waals surface area (Å²) >= 11 is 0. The van der Waals surface area contributed by atoms with E-state index in [-0.39, 0.29) is 15.7 Å². The molecule has 5 rings (SSSR count). The van der Waals surface area contributed by atoms with Crippen LogP contribution in [0.25, 0.3) is 0 Å². The van der Waals surface area contributed by atoms with Crippen LogP contribution in [0.15, 0.2) is 70.5 Å². The van der Waals surface area contributed by atoms with Crippen LogP contribution in [0.1, 0.15) is 68.3 Å². The Hall–Kier alpha value is -3.53. The summed E-state index contributed by atoms with van der Waals surface area (Å²) in [4.78, 5) is 13.9. The molecule has 2 aliphatic heterocycles. The largest absolute Gasteiger partial charge is 0.493 e. The van der Waals surface area contributed by atoms with Crippen molar-refractivity contribution in [3.63, 3.8) is 0 Å². The van der Waals surface area contributed by atoms with Gasteiger partial charge in [0.05, 0.1) is 24.0 Å². The first kappa shape index (κ1) is 42.9. The monoisotopic (exact) mass is 762 g/mol. The predicted octanol–water partition coefficient (Wildman–Crippen LogP) is 6.21. The lowest BCUT2D eigenvalue weighted by molar-refractivity contribution is -0.140. The van der Waals surface area contributed by atoms with Gasteiger partial charge in [-0.25, -0.2) is 0 Å². The number of carboxylic acid groups (broad SMARTS) is 1. The Labute approximate surface area is 308 Å². The first-order valence-electron chi connectivity index (χ1n) is 17.3. The van der Waals surface area contributed by atoms with Crippen LogP contribution in [-0.2, 0) is 31.5 Å². The fourth-order valence-corrected chi connectivity index (χ4v) is 7.91. The summed E-state index contributed by atoms with van der Waals surface area (Å²) in [5, 5.41) is 9.36. The third-order valence-electron chi connectivity index (χ3n) is 9.76. The molecule has 288 valence electrons. The highest BCUT2D eigenvalue weighted by molar-refractivity contribution is 7.86. The summed E-state index contributed by atoms with van der Waals surface area (Å²) in [6.07, 6.45) is 4.08. The maximum absolute atomic E-state index is 11.4. The first-order chi connectivity index (χ1) is 24.2. The highest BCUT2D eigenvalue weighted by Crippen LogP contribution is 2.47. The molecule has 14 heteroatoms. The lowest BCUT2D eigenvalue weighted by Gasteiger charge is -2.48. The van der Waals surface area contributed by atoms with E-state index < -0.39 is 32.2 Å². The smallest absolute Gasteiger partial charge is 0.320 e. The molecule has 12 nitrogen and oxygen atoms in total. The number of rotatable bonds is 10. The Balaban J connectivity index is 0.000000269. The van der Waals surface area contributed by atoms with E-state index in [4.69, 9.17) is 24.3 Å². The van der Waals surface area contributed by atoms with Gasteiger partial charge in [-0.2, -0.15) is 16.8 Å². The average Bonchev–Trinajstić information content (AvgIpc) is 3.07. The zero-order valence-corrected chi connectivity index (χ0v) is 32.7. The highest BCUT2D eigenvalue weighted by Gasteiger charge is 2.40. The number of hydrogen-bond acceptors (Lipinski definition) is 9. The third kappa shape index (κ3) is 12.0. The van der Waals surface area contributed by atoms with Crippen molar-refractivity contribution in [3.8, 4) is 11.5 Å². The van der Waals surface area contributed by atoms with Gasteiger partial charge in [-0.3, -0.25) is 18.8 Å². The van der Waals surface area contributed by atoms with E-state index in [0.717, 1.165) is 55.0 Å². The van der Waals surface area contributed by atoms with Gasteiger partial charge in [-0.15, -0.1) is 0 Å². The number of carbonyl (C=O) groups is 1. The summed E-state index contributed by atoms with van der Waals surface area (Å²) in [7, 11) is -4.68. The molecule has 52 heavy (non-hydrogen) atoms. The van der Waals surface area contributed by atoms with Crippen LogP contribution in [0.2, 0.25) is 0 Å². The number of fused-ring (bicyclic) bond motifs is 3. The third-order valence-corrected chi connectivity index (χ3v) is 11.5. The standard InChI is InChI=1S/C24H38N2O4.2C7H8O3S/c1-14(2)8-18-13-26-7-6-16-11-21(29-4)22(30-5)12-19(16)20(26)10-17(18)9-15(3)23(25)24(27)28;2*1-6-2-4-7(5-3-6)11(8,9)10/h11-12,14-15,17-18,20,23H,6-10,13,25H2,1-5H3,(H,27,28);2*2-5H,1H3,(H,8,9,10)/t15?,17-,18+,20-,23?;;/m1../s1. The minimum Gasteiger partial charge on any atom is -0.493 e. The summed E-state index contributed by atoms with van der Waals surface area (Å²) in [5.41, 5.74) is 10.5. The molecule has 1 fully saturated rings. The van der Waals surface area contributed by atoms with Crippen molar-refractivity contribution in [1.82, 2.24) is 4.90 Å². The van der Waals surface area contributed by atoms with Gasteiger partial charge in [0, 0.05) is 19.1 Å². The van der Waals surface area contributed by atoms with Crippen molar-refractivity contribution in [2.75, 3.05) is 27.3 Å². The summed E-state index contributed by atoms with van der Waals surface area (Å²) in [6.45, 7) is 12.3. The molecule has 1 saturated heterocycles. The average molecular weight is 763 g/mol. The fraction of sp³-hybridized carbons (Fsp3) is 0.500. The minimum absolute atomic E-state index is 0.0397. The number of hydrogen-bond donors (Lipinski definition) is 4. The lowest BCUT2D eigenvalue weighted by atomic mass is 9.70. The van der Waals surface area contributed by atoms with Crippen molar-refractivity contribution in [2.45, 2.75) is 82.2 Å². The van der Waals surface area contributed by atoms with Crippen LogP contribution in [0, 0.1) is 37.5 Å². The Bertz CT molecular complexity index is 1770. The number of piperidine rings is 1. The Kier molecular flexibility index (Phi) is 15.2. The molecule has 3 aromatic rings. The lowest BCUT2D eigenvalue weighted by Crippen LogP contribution is -2.47. The van der Waals surface area contributed by atoms with E-state index in [0.29, 0.717) is 23.8 Å². The van der Waals surface area contributed by atoms with Crippen LogP contribution in [-0.4, -0.2) is 75.3 Å². The zero-order valence-electron chi connectivity index (χ0n) is 31.0. The molecule has 3 aromatic carbocycles. The van der Waals surface area contributed by atoms with Crippen LogP contribution in [0.3, 0.4) is 0 Å². The van der Waals surface area contributed by atoms with Gasteiger partial charge in [0.25, 0.3) is 20.2 Å². The normalized spacial score (nSPS) is 19.8. The molecule has 2 unspecified atom stereocenters. The molecule has 0 aromatic heterocycles. The van der Waals surface area contributed by atoms with Crippen LogP contribution in [0.4, 0.5) is 0 Å².